The number of hydrogen-bond acceptors (Lipinski definition) is 4. The highest BCUT2D eigenvalue weighted by atomic mass is 16.7. The van der Waals surface area contributed by atoms with Gasteiger partial charge in [0.25, 0.3) is 0 Å². The van der Waals surface area contributed by atoms with Crippen molar-refractivity contribution in [3.8, 4) is 11.5 Å². The van der Waals surface area contributed by atoms with Gasteiger partial charge in [-0.3, -0.25) is 4.79 Å². The number of nitrogens with one attached hydrogen (secondary N) is 3. The summed E-state index contributed by atoms with van der Waals surface area (Å²) in [6.07, 6.45) is 1.66. The van der Waals surface area contributed by atoms with E-state index in [0.717, 1.165) is 54.6 Å². The van der Waals surface area contributed by atoms with E-state index in [0.29, 0.717) is 6.54 Å². The highest BCUT2D eigenvalue weighted by Gasteiger charge is 2.13. The Bertz CT molecular complexity index is 913. The van der Waals surface area contributed by atoms with Gasteiger partial charge in [0.2, 0.25) is 12.7 Å². The van der Waals surface area contributed by atoms with Crippen LogP contribution in [0.1, 0.15) is 38.3 Å². The summed E-state index contributed by atoms with van der Waals surface area (Å²) in [6, 6.07) is 13.9. The van der Waals surface area contributed by atoms with Gasteiger partial charge in [0, 0.05) is 24.7 Å². The van der Waals surface area contributed by atoms with Crippen LogP contribution in [-0.2, 0) is 17.8 Å². The van der Waals surface area contributed by atoms with Gasteiger partial charge in [-0.2, -0.15) is 0 Å². The highest BCUT2D eigenvalue weighted by molar-refractivity contribution is 5.92. The molecule has 1 heterocycles. The summed E-state index contributed by atoms with van der Waals surface area (Å²) in [5.41, 5.74) is 3.02. The lowest BCUT2D eigenvalue weighted by atomic mass is 10.1. The lowest BCUT2D eigenvalue weighted by molar-refractivity contribution is -0.119. The molecule has 0 aromatic heterocycles. The van der Waals surface area contributed by atoms with Crippen LogP contribution in [-0.4, -0.2) is 31.7 Å². The molecule has 166 valence electrons. The largest absolute Gasteiger partial charge is 0.454 e. The van der Waals surface area contributed by atoms with Crippen molar-refractivity contribution < 1.29 is 14.3 Å². The number of rotatable bonds is 9. The van der Waals surface area contributed by atoms with Gasteiger partial charge in [-0.1, -0.05) is 32.0 Å². The van der Waals surface area contributed by atoms with Gasteiger partial charge in [-0.05, 0) is 55.2 Å². The Hall–Kier alpha value is -3.22. The van der Waals surface area contributed by atoms with Crippen molar-refractivity contribution >= 4 is 17.6 Å². The number of amides is 1. The Morgan fingerprint density at radius 1 is 1.06 bits per heavy atom. The zero-order chi connectivity index (χ0) is 22.1. The molecule has 7 heteroatoms. The Morgan fingerprint density at radius 3 is 2.71 bits per heavy atom. The standard InChI is InChI=1S/C24H32N4O3/c1-4-17(3)23(29)28-20-8-6-7-19(13-20)15-27-24(25-5-2)26-12-11-18-9-10-21-22(14-18)31-16-30-21/h6-10,13-14,17H,4-5,11-12,15-16H2,1-3H3,(H,28,29)(H2,25,26,27). The molecule has 0 saturated heterocycles. The molecule has 31 heavy (non-hydrogen) atoms. The van der Waals surface area contributed by atoms with Gasteiger partial charge < -0.3 is 25.4 Å². The number of nitrogens with zero attached hydrogens (tertiary/aromatic N) is 1. The number of ether oxygens (including phenoxy) is 2. The molecule has 0 fully saturated rings. The molecule has 2 aromatic rings. The van der Waals surface area contributed by atoms with Crippen LogP contribution in [0.5, 0.6) is 11.5 Å². The van der Waals surface area contributed by atoms with E-state index in [1.165, 1.54) is 5.56 Å². The van der Waals surface area contributed by atoms with Gasteiger partial charge in [-0.25, -0.2) is 4.99 Å². The molecule has 3 N–H and O–H groups in total. The average Bonchev–Trinajstić information content (AvgIpc) is 3.25. The summed E-state index contributed by atoms with van der Waals surface area (Å²) < 4.78 is 10.8. The summed E-state index contributed by atoms with van der Waals surface area (Å²) >= 11 is 0. The van der Waals surface area contributed by atoms with E-state index in [1.54, 1.807) is 0 Å². The van der Waals surface area contributed by atoms with Gasteiger partial charge in [0.1, 0.15) is 0 Å². The van der Waals surface area contributed by atoms with Gasteiger partial charge >= 0.3 is 0 Å². The van der Waals surface area contributed by atoms with Crippen LogP contribution in [0.15, 0.2) is 47.5 Å². The van der Waals surface area contributed by atoms with Crippen LogP contribution in [0.3, 0.4) is 0 Å². The molecule has 0 radical (unpaired) electrons. The maximum atomic E-state index is 12.1. The van der Waals surface area contributed by atoms with Crippen molar-refractivity contribution in [3.05, 3.63) is 53.6 Å². The predicted molar refractivity (Wildman–Crippen MR) is 124 cm³/mol. The highest BCUT2D eigenvalue weighted by Crippen LogP contribution is 2.32. The monoisotopic (exact) mass is 424 g/mol. The molecule has 0 spiro atoms. The van der Waals surface area contributed by atoms with Crippen LogP contribution in [0, 0.1) is 5.92 Å². The second kappa shape index (κ2) is 11.2. The predicted octanol–water partition coefficient (Wildman–Crippen LogP) is 3.70. The molecule has 1 atom stereocenters. The van der Waals surface area contributed by atoms with Crippen LogP contribution in [0.2, 0.25) is 0 Å². The zero-order valence-electron chi connectivity index (χ0n) is 18.5. The lowest BCUT2D eigenvalue weighted by Gasteiger charge is -2.12. The first-order chi connectivity index (χ1) is 15.1. The Labute approximate surface area is 184 Å². The van der Waals surface area contributed by atoms with E-state index >= 15 is 0 Å². The number of fused-ring (bicyclic) bond motifs is 1. The average molecular weight is 425 g/mol. The molecule has 3 rings (SSSR count). The minimum absolute atomic E-state index is 0.00371. The molecule has 7 nitrogen and oxygen atoms in total. The smallest absolute Gasteiger partial charge is 0.231 e. The van der Waals surface area contributed by atoms with E-state index in [1.807, 2.05) is 57.2 Å². The molecule has 1 amide bonds. The number of benzene rings is 2. The second-order valence-electron chi connectivity index (χ2n) is 7.56. The van der Waals surface area contributed by atoms with E-state index in [4.69, 9.17) is 9.47 Å². The molecule has 1 aliphatic rings. The lowest BCUT2D eigenvalue weighted by Crippen LogP contribution is -2.38. The number of aliphatic imine (C=N–C) groups is 1. The van der Waals surface area contributed by atoms with Crippen molar-refractivity contribution in [2.24, 2.45) is 10.9 Å². The van der Waals surface area contributed by atoms with Crippen molar-refractivity contribution in [2.45, 2.75) is 40.2 Å². The molecule has 2 aromatic carbocycles. The normalized spacial score (nSPS) is 13.6. The van der Waals surface area contributed by atoms with Crippen molar-refractivity contribution in [1.82, 2.24) is 10.6 Å². The van der Waals surface area contributed by atoms with Crippen molar-refractivity contribution in [2.75, 3.05) is 25.2 Å². The van der Waals surface area contributed by atoms with E-state index < -0.39 is 0 Å². The summed E-state index contributed by atoms with van der Waals surface area (Å²) in [4.78, 5) is 16.8. The van der Waals surface area contributed by atoms with E-state index in [2.05, 4.69) is 27.0 Å². The van der Waals surface area contributed by atoms with E-state index in [9.17, 15) is 4.79 Å². The van der Waals surface area contributed by atoms with Gasteiger partial charge in [-0.15, -0.1) is 0 Å². The Balaban J connectivity index is 1.54. The molecular formula is C24H32N4O3. The van der Waals surface area contributed by atoms with E-state index in [-0.39, 0.29) is 18.6 Å². The first-order valence-corrected chi connectivity index (χ1v) is 10.9. The summed E-state index contributed by atoms with van der Waals surface area (Å²) in [7, 11) is 0. The molecule has 1 unspecified atom stereocenters. The minimum Gasteiger partial charge on any atom is -0.454 e. The van der Waals surface area contributed by atoms with Crippen LogP contribution >= 0.6 is 0 Å². The number of guanidine groups is 1. The fraction of sp³-hybridized carbons (Fsp3) is 0.417. The fourth-order valence-electron chi connectivity index (χ4n) is 3.13. The van der Waals surface area contributed by atoms with Crippen LogP contribution < -0.4 is 25.4 Å². The fourth-order valence-corrected chi connectivity index (χ4v) is 3.13. The van der Waals surface area contributed by atoms with Crippen LogP contribution in [0.4, 0.5) is 5.69 Å². The molecule has 0 bridgehead atoms. The number of carbonyl (C=O) groups is 1. The number of anilines is 1. The zero-order valence-corrected chi connectivity index (χ0v) is 18.5. The maximum absolute atomic E-state index is 12.1. The maximum Gasteiger partial charge on any atom is 0.231 e. The van der Waals surface area contributed by atoms with Gasteiger partial charge in [0.15, 0.2) is 17.5 Å². The Morgan fingerprint density at radius 2 is 1.90 bits per heavy atom. The minimum atomic E-state index is -0.00371. The molecule has 0 aliphatic carbocycles. The third kappa shape index (κ3) is 6.64. The second-order valence-corrected chi connectivity index (χ2v) is 7.56. The quantitative estimate of drug-likeness (QED) is 0.422. The third-order valence-electron chi connectivity index (χ3n) is 5.16. The summed E-state index contributed by atoms with van der Waals surface area (Å²) in [5.74, 6) is 2.41. The molecule has 0 saturated carbocycles. The molecule has 1 aliphatic heterocycles. The number of hydrogen-bond donors (Lipinski definition) is 3. The number of carbonyl (C=O) groups excluding carboxylic acids is 1. The summed E-state index contributed by atoms with van der Waals surface area (Å²) in [5, 5.41) is 9.63. The third-order valence-corrected chi connectivity index (χ3v) is 5.16. The van der Waals surface area contributed by atoms with Crippen LogP contribution in [0.25, 0.3) is 0 Å². The van der Waals surface area contributed by atoms with Crippen molar-refractivity contribution in [1.29, 1.82) is 0 Å². The van der Waals surface area contributed by atoms with Gasteiger partial charge in [0.05, 0.1) is 6.54 Å². The van der Waals surface area contributed by atoms with Crippen molar-refractivity contribution in [3.63, 3.8) is 0 Å². The SMILES string of the molecule is CCNC(=NCc1cccc(NC(=O)C(C)CC)c1)NCCc1ccc2c(c1)OCO2. The first kappa shape index (κ1) is 22.5. The summed E-state index contributed by atoms with van der Waals surface area (Å²) in [6.45, 7) is 8.32. The molecular weight excluding hydrogens is 392 g/mol. The first-order valence-electron chi connectivity index (χ1n) is 10.9. The topological polar surface area (TPSA) is 84.0 Å². The Kier molecular flexibility index (Phi) is 8.15.